The Balaban J connectivity index is 1.62. The van der Waals surface area contributed by atoms with Crippen molar-refractivity contribution in [1.82, 2.24) is 24.6 Å². The topological polar surface area (TPSA) is 66.8 Å². The summed E-state index contributed by atoms with van der Waals surface area (Å²) in [6, 6.07) is 8.22. The Bertz CT molecular complexity index is 845. The van der Waals surface area contributed by atoms with Gasteiger partial charge in [-0.25, -0.2) is 4.98 Å². The second-order valence-corrected chi connectivity index (χ2v) is 6.60. The number of carbonyl (C=O) groups is 1. The maximum Gasteiger partial charge on any atom is 0.257 e. The zero-order chi connectivity index (χ0) is 16.7. The molecule has 6 heteroatoms. The van der Waals surface area contributed by atoms with E-state index in [1.807, 2.05) is 53.9 Å². The van der Waals surface area contributed by atoms with Crippen molar-refractivity contribution in [2.45, 2.75) is 38.8 Å². The van der Waals surface area contributed by atoms with Gasteiger partial charge >= 0.3 is 0 Å². The number of aromatic nitrogens is 4. The van der Waals surface area contributed by atoms with Gasteiger partial charge in [-0.2, -0.15) is 5.10 Å². The molecule has 6 nitrogen and oxygen atoms in total. The molecule has 0 spiro atoms. The molecule has 3 heterocycles. The summed E-state index contributed by atoms with van der Waals surface area (Å²) >= 11 is 0. The van der Waals surface area contributed by atoms with Crippen LogP contribution in [0.25, 0.3) is 11.0 Å². The minimum atomic E-state index is 0.00676. The van der Waals surface area contributed by atoms with Gasteiger partial charge in [0.25, 0.3) is 5.91 Å². The molecule has 1 aromatic carbocycles. The highest BCUT2D eigenvalue weighted by molar-refractivity contribution is 5.94. The summed E-state index contributed by atoms with van der Waals surface area (Å²) in [5.41, 5.74) is 2.60. The number of likely N-dealkylation sites (tertiary alicyclic amines) is 1. The highest BCUT2D eigenvalue weighted by Gasteiger charge is 2.33. The van der Waals surface area contributed by atoms with E-state index in [-0.39, 0.29) is 18.0 Å². The number of hydrogen-bond acceptors (Lipinski definition) is 3. The lowest BCUT2D eigenvalue weighted by atomic mass is 10.2. The predicted octanol–water partition coefficient (Wildman–Crippen LogP) is 3.32. The molecule has 0 bridgehead atoms. The van der Waals surface area contributed by atoms with E-state index in [9.17, 15) is 4.79 Å². The van der Waals surface area contributed by atoms with Crippen LogP contribution in [0, 0.1) is 0 Å². The lowest BCUT2D eigenvalue weighted by molar-refractivity contribution is 0.0730. The summed E-state index contributed by atoms with van der Waals surface area (Å²) in [4.78, 5) is 22.9. The summed E-state index contributed by atoms with van der Waals surface area (Å²) in [5, 5.41) is 4.29. The molecule has 0 saturated carbocycles. The van der Waals surface area contributed by atoms with Crippen LogP contribution in [-0.2, 0) is 0 Å². The molecular formula is C18H21N5O. The third kappa shape index (κ3) is 2.48. The number of amides is 1. The van der Waals surface area contributed by atoms with E-state index < -0.39 is 0 Å². The largest absolute Gasteiger partial charge is 0.340 e. The van der Waals surface area contributed by atoms with Crippen molar-refractivity contribution < 1.29 is 4.79 Å². The molecule has 1 amide bonds. The van der Waals surface area contributed by atoms with Gasteiger partial charge in [0.2, 0.25) is 0 Å². The molecule has 0 unspecified atom stereocenters. The maximum absolute atomic E-state index is 12.9. The number of nitrogens with one attached hydrogen (secondary N) is 1. The number of H-pyrrole nitrogens is 1. The SMILES string of the molecule is CC(C)n1cc(C(=O)N2CCC[C@H]2c2nc3ccccc3[nH]2)cn1. The first-order chi connectivity index (χ1) is 11.6. The van der Waals surface area contributed by atoms with Crippen molar-refractivity contribution in [3.63, 3.8) is 0 Å². The molecule has 0 radical (unpaired) electrons. The Kier molecular flexibility index (Phi) is 3.59. The molecule has 24 heavy (non-hydrogen) atoms. The smallest absolute Gasteiger partial charge is 0.257 e. The van der Waals surface area contributed by atoms with Crippen molar-refractivity contribution in [2.75, 3.05) is 6.54 Å². The normalized spacial score (nSPS) is 18.0. The second kappa shape index (κ2) is 5.78. The Morgan fingerprint density at radius 2 is 2.17 bits per heavy atom. The first-order valence-corrected chi connectivity index (χ1v) is 8.43. The predicted molar refractivity (Wildman–Crippen MR) is 91.7 cm³/mol. The van der Waals surface area contributed by atoms with Crippen LogP contribution in [-0.4, -0.2) is 37.1 Å². The van der Waals surface area contributed by atoms with Crippen molar-refractivity contribution >= 4 is 16.9 Å². The number of rotatable bonds is 3. The van der Waals surface area contributed by atoms with E-state index in [1.54, 1.807) is 6.20 Å². The van der Waals surface area contributed by atoms with Gasteiger partial charge in [-0.05, 0) is 38.8 Å². The first-order valence-electron chi connectivity index (χ1n) is 8.43. The van der Waals surface area contributed by atoms with E-state index >= 15 is 0 Å². The number of hydrogen-bond donors (Lipinski definition) is 1. The molecule has 1 saturated heterocycles. The van der Waals surface area contributed by atoms with E-state index in [0.717, 1.165) is 36.2 Å². The maximum atomic E-state index is 12.9. The molecule has 1 atom stereocenters. The Hall–Kier alpha value is -2.63. The molecule has 1 N–H and O–H groups in total. The minimum absolute atomic E-state index is 0.00676. The quantitative estimate of drug-likeness (QED) is 0.804. The summed E-state index contributed by atoms with van der Waals surface area (Å²) in [7, 11) is 0. The van der Waals surface area contributed by atoms with Crippen molar-refractivity contribution in [3.05, 3.63) is 48.0 Å². The number of para-hydroxylation sites is 2. The van der Waals surface area contributed by atoms with Crippen LogP contribution in [0.4, 0.5) is 0 Å². The minimum Gasteiger partial charge on any atom is -0.340 e. The van der Waals surface area contributed by atoms with Crippen LogP contribution in [0.2, 0.25) is 0 Å². The lowest BCUT2D eigenvalue weighted by Gasteiger charge is -2.22. The number of carbonyl (C=O) groups excluding carboxylic acids is 1. The van der Waals surface area contributed by atoms with Gasteiger partial charge < -0.3 is 9.88 Å². The third-order valence-corrected chi connectivity index (χ3v) is 4.61. The van der Waals surface area contributed by atoms with Crippen molar-refractivity contribution in [3.8, 4) is 0 Å². The molecule has 1 aliphatic heterocycles. The number of benzene rings is 1. The lowest BCUT2D eigenvalue weighted by Crippen LogP contribution is -2.30. The van der Waals surface area contributed by atoms with Crippen LogP contribution in [0.5, 0.6) is 0 Å². The monoisotopic (exact) mass is 323 g/mol. The van der Waals surface area contributed by atoms with E-state index in [0.29, 0.717) is 5.56 Å². The molecule has 0 aliphatic carbocycles. The highest BCUT2D eigenvalue weighted by Crippen LogP contribution is 2.32. The van der Waals surface area contributed by atoms with Gasteiger partial charge in [0.1, 0.15) is 5.82 Å². The molecule has 2 aromatic heterocycles. The fourth-order valence-corrected chi connectivity index (χ4v) is 3.32. The summed E-state index contributed by atoms with van der Waals surface area (Å²) < 4.78 is 1.82. The Morgan fingerprint density at radius 1 is 1.33 bits per heavy atom. The number of imidazole rings is 1. The Labute approximate surface area is 140 Å². The number of nitrogens with zero attached hydrogens (tertiary/aromatic N) is 4. The van der Waals surface area contributed by atoms with Crippen LogP contribution < -0.4 is 0 Å². The van der Waals surface area contributed by atoms with Crippen molar-refractivity contribution in [2.24, 2.45) is 0 Å². The van der Waals surface area contributed by atoms with Crippen LogP contribution in [0.1, 0.15) is 55.0 Å². The summed E-state index contributed by atoms with van der Waals surface area (Å²) in [6.45, 7) is 4.86. The zero-order valence-corrected chi connectivity index (χ0v) is 13.9. The fraction of sp³-hybridized carbons (Fsp3) is 0.389. The summed E-state index contributed by atoms with van der Waals surface area (Å²) in [6.07, 6.45) is 5.42. The van der Waals surface area contributed by atoms with E-state index in [1.165, 1.54) is 0 Å². The average molecular weight is 323 g/mol. The molecule has 124 valence electrons. The second-order valence-electron chi connectivity index (χ2n) is 6.60. The van der Waals surface area contributed by atoms with Crippen LogP contribution >= 0.6 is 0 Å². The van der Waals surface area contributed by atoms with Gasteiger partial charge in [-0.15, -0.1) is 0 Å². The van der Waals surface area contributed by atoms with Crippen LogP contribution in [0.15, 0.2) is 36.7 Å². The molecule has 1 fully saturated rings. The molecular weight excluding hydrogens is 302 g/mol. The third-order valence-electron chi connectivity index (χ3n) is 4.61. The van der Waals surface area contributed by atoms with Gasteiger partial charge in [0.05, 0.1) is 28.8 Å². The molecule has 3 aromatic rings. The summed E-state index contributed by atoms with van der Waals surface area (Å²) in [5.74, 6) is 0.906. The van der Waals surface area contributed by atoms with E-state index in [4.69, 9.17) is 0 Å². The number of fused-ring (bicyclic) bond motifs is 1. The van der Waals surface area contributed by atoms with Crippen LogP contribution in [0.3, 0.4) is 0 Å². The van der Waals surface area contributed by atoms with Gasteiger partial charge in [0, 0.05) is 18.8 Å². The van der Waals surface area contributed by atoms with Gasteiger partial charge in [-0.1, -0.05) is 12.1 Å². The van der Waals surface area contributed by atoms with Gasteiger partial charge in [-0.3, -0.25) is 9.48 Å². The fourth-order valence-electron chi connectivity index (χ4n) is 3.32. The Morgan fingerprint density at radius 3 is 2.92 bits per heavy atom. The molecule has 1 aliphatic rings. The van der Waals surface area contributed by atoms with E-state index in [2.05, 4.69) is 15.1 Å². The standard InChI is InChI=1S/C18H21N5O/c1-12(2)23-11-13(10-19-23)18(24)22-9-5-8-16(22)17-20-14-6-3-4-7-15(14)21-17/h3-4,6-7,10-12,16H,5,8-9H2,1-2H3,(H,20,21)/t16-/m0/s1. The molecule has 4 rings (SSSR count). The first kappa shape index (κ1) is 14.9. The average Bonchev–Trinajstić information content (AvgIpc) is 3.30. The van der Waals surface area contributed by atoms with Crippen molar-refractivity contribution in [1.29, 1.82) is 0 Å². The highest BCUT2D eigenvalue weighted by atomic mass is 16.2. The van der Waals surface area contributed by atoms with Gasteiger partial charge in [0.15, 0.2) is 0 Å². The zero-order valence-electron chi connectivity index (χ0n) is 13.9. The number of aromatic amines is 1.